The number of likely N-dealkylation sites (tertiary alicyclic amines) is 1. The average molecular weight is 298 g/mol. The van der Waals surface area contributed by atoms with Crippen molar-refractivity contribution in [3.8, 4) is 0 Å². The second-order valence-electron chi connectivity index (χ2n) is 5.91. The van der Waals surface area contributed by atoms with Crippen LogP contribution in [0.2, 0.25) is 0 Å². The highest BCUT2D eigenvalue weighted by Gasteiger charge is 2.24. The zero-order valence-corrected chi connectivity index (χ0v) is 12.9. The Hall–Kier alpha value is -2.30. The number of nitrogens with one attached hydrogen (secondary N) is 2. The molecule has 1 amide bonds. The van der Waals surface area contributed by atoms with Crippen LogP contribution in [0.5, 0.6) is 0 Å². The van der Waals surface area contributed by atoms with E-state index < -0.39 is 0 Å². The van der Waals surface area contributed by atoms with Crippen LogP contribution in [-0.4, -0.2) is 40.1 Å². The number of amides is 1. The lowest BCUT2D eigenvalue weighted by molar-refractivity contribution is -0.131. The van der Waals surface area contributed by atoms with Crippen molar-refractivity contribution in [1.82, 2.24) is 15.1 Å². The Balaban J connectivity index is 1.57. The smallest absolute Gasteiger partial charge is 0.228 e. The van der Waals surface area contributed by atoms with E-state index >= 15 is 0 Å². The Morgan fingerprint density at radius 3 is 2.95 bits per heavy atom. The SMILES string of the molecule is Cc1cc(CC(=O)N2CCCC(Nc3ccccc3)C2)n[nH]1. The van der Waals surface area contributed by atoms with Gasteiger partial charge in [0.2, 0.25) is 5.91 Å². The van der Waals surface area contributed by atoms with Gasteiger partial charge in [0.15, 0.2) is 0 Å². The van der Waals surface area contributed by atoms with E-state index in [0.29, 0.717) is 12.5 Å². The fraction of sp³-hybridized carbons (Fsp3) is 0.412. The number of H-pyrrole nitrogens is 1. The molecule has 22 heavy (non-hydrogen) atoms. The summed E-state index contributed by atoms with van der Waals surface area (Å²) in [5.74, 6) is 0.158. The molecule has 1 aromatic heterocycles. The fourth-order valence-electron chi connectivity index (χ4n) is 2.92. The number of piperidine rings is 1. The van der Waals surface area contributed by atoms with Crippen LogP contribution in [-0.2, 0) is 11.2 Å². The number of aryl methyl sites for hydroxylation is 1. The van der Waals surface area contributed by atoms with Gasteiger partial charge >= 0.3 is 0 Å². The molecule has 2 N–H and O–H groups in total. The molecule has 2 heterocycles. The molecule has 1 saturated heterocycles. The third-order valence-electron chi connectivity index (χ3n) is 4.01. The largest absolute Gasteiger partial charge is 0.381 e. The van der Waals surface area contributed by atoms with Crippen molar-refractivity contribution < 1.29 is 4.79 Å². The van der Waals surface area contributed by atoms with Gasteiger partial charge in [-0.25, -0.2) is 0 Å². The number of anilines is 1. The number of aromatic nitrogens is 2. The van der Waals surface area contributed by atoms with Crippen LogP contribution in [0.25, 0.3) is 0 Å². The van der Waals surface area contributed by atoms with Gasteiger partial charge in [-0.2, -0.15) is 5.10 Å². The predicted octanol–water partition coefficient (Wildman–Crippen LogP) is 2.36. The molecule has 1 unspecified atom stereocenters. The first kappa shape index (κ1) is 14.6. The second kappa shape index (κ2) is 6.64. The van der Waals surface area contributed by atoms with Crippen LogP contribution in [0.3, 0.4) is 0 Å². The van der Waals surface area contributed by atoms with Crippen LogP contribution in [0.1, 0.15) is 24.2 Å². The van der Waals surface area contributed by atoms with Gasteiger partial charge in [0.25, 0.3) is 0 Å². The van der Waals surface area contributed by atoms with E-state index in [2.05, 4.69) is 27.6 Å². The lowest BCUT2D eigenvalue weighted by atomic mass is 10.0. The van der Waals surface area contributed by atoms with Gasteiger partial charge in [-0.1, -0.05) is 18.2 Å². The summed E-state index contributed by atoms with van der Waals surface area (Å²) in [6, 6.07) is 12.4. The number of aromatic amines is 1. The molecule has 0 spiro atoms. The van der Waals surface area contributed by atoms with Gasteiger partial charge in [0.05, 0.1) is 12.1 Å². The van der Waals surface area contributed by atoms with E-state index in [1.165, 1.54) is 0 Å². The van der Waals surface area contributed by atoms with Gasteiger partial charge in [0, 0.05) is 30.5 Å². The minimum absolute atomic E-state index is 0.158. The highest BCUT2D eigenvalue weighted by molar-refractivity contribution is 5.78. The minimum Gasteiger partial charge on any atom is -0.381 e. The summed E-state index contributed by atoms with van der Waals surface area (Å²) >= 11 is 0. The standard InChI is InChI=1S/C17H22N4O/c1-13-10-16(20-19-13)11-17(22)21-9-5-8-15(12-21)18-14-6-3-2-4-7-14/h2-4,6-7,10,15,18H,5,8-9,11-12H2,1H3,(H,19,20). The molecule has 1 aromatic carbocycles. The summed E-state index contributed by atoms with van der Waals surface area (Å²) in [7, 11) is 0. The van der Waals surface area contributed by atoms with Crippen LogP contribution in [0.15, 0.2) is 36.4 Å². The van der Waals surface area contributed by atoms with Gasteiger partial charge in [-0.15, -0.1) is 0 Å². The monoisotopic (exact) mass is 298 g/mol. The maximum atomic E-state index is 12.4. The van der Waals surface area contributed by atoms with Crippen LogP contribution < -0.4 is 5.32 Å². The molecular weight excluding hydrogens is 276 g/mol. The normalized spacial score (nSPS) is 18.2. The zero-order valence-electron chi connectivity index (χ0n) is 12.9. The van der Waals surface area contributed by atoms with E-state index in [-0.39, 0.29) is 5.91 Å². The van der Waals surface area contributed by atoms with Crippen molar-refractivity contribution >= 4 is 11.6 Å². The van der Waals surface area contributed by atoms with E-state index in [9.17, 15) is 4.79 Å². The number of benzene rings is 1. The van der Waals surface area contributed by atoms with Crippen molar-refractivity contribution in [1.29, 1.82) is 0 Å². The Morgan fingerprint density at radius 1 is 1.41 bits per heavy atom. The molecule has 3 rings (SSSR count). The fourth-order valence-corrected chi connectivity index (χ4v) is 2.92. The molecule has 116 valence electrons. The number of para-hydroxylation sites is 1. The highest BCUT2D eigenvalue weighted by atomic mass is 16.2. The number of nitrogens with zero attached hydrogens (tertiary/aromatic N) is 2. The molecule has 0 bridgehead atoms. The van der Waals surface area contributed by atoms with E-state index in [0.717, 1.165) is 43.0 Å². The number of rotatable bonds is 4. The van der Waals surface area contributed by atoms with Crippen molar-refractivity contribution in [2.75, 3.05) is 18.4 Å². The molecule has 0 saturated carbocycles. The maximum absolute atomic E-state index is 12.4. The van der Waals surface area contributed by atoms with Crippen LogP contribution >= 0.6 is 0 Å². The Kier molecular flexibility index (Phi) is 4.42. The summed E-state index contributed by atoms with van der Waals surface area (Å²) in [5, 5.41) is 10.6. The first-order chi connectivity index (χ1) is 10.7. The molecule has 1 fully saturated rings. The van der Waals surface area contributed by atoms with Crippen molar-refractivity contribution in [2.45, 2.75) is 32.2 Å². The van der Waals surface area contributed by atoms with Crippen LogP contribution in [0, 0.1) is 6.92 Å². The topological polar surface area (TPSA) is 61.0 Å². The summed E-state index contributed by atoms with van der Waals surface area (Å²) in [4.78, 5) is 14.4. The van der Waals surface area contributed by atoms with E-state index in [1.54, 1.807) is 0 Å². The Morgan fingerprint density at radius 2 is 2.23 bits per heavy atom. The molecule has 2 aromatic rings. The van der Waals surface area contributed by atoms with Crippen molar-refractivity contribution in [3.63, 3.8) is 0 Å². The maximum Gasteiger partial charge on any atom is 0.228 e. The Labute approximate surface area is 130 Å². The number of hydrogen-bond donors (Lipinski definition) is 2. The van der Waals surface area contributed by atoms with Gasteiger partial charge in [-0.3, -0.25) is 9.89 Å². The van der Waals surface area contributed by atoms with Crippen molar-refractivity contribution in [3.05, 3.63) is 47.8 Å². The minimum atomic E-state index is 0.158. The van der Waals surface area contributed by atoms with Gasteiger partial charge in [0.1, 0.15) is 0 Å². The first-order valence-corrected chi connectivity index (χ1v) is 7.81. The summed E-state index contributed by atoms with van der Waals surface area (Å²) in [6.07, 6.45) is 2.51. The number of carbonyl (C=O) groups is 1. The zero-order chi connectivity index (χ0) is 15.4. The lowest BCUT2D eigenvalue weighted by Gasteiger charge is -2.33. The molecule has 5 heteroatoms. The lowest BCUT2D eigenvalue weighted by Crippen LogP contribution is -2.45. The molecule has 1 aliphatic rings. The van der Waals surface area contributed by atoms with E-state index in [1.807, 2.05) is 36.1 Å². The number of carbonyl (C=O) groups excluding carboxylic acids is 1. The highest BCUT2D eigenvalue weighted by Crippen LogP contribution is 2.16. The molecule has 0 radical (unpaired) electrons. The molecule has 5 nitrogen and oxygen atoms in total. The third-order valence-corrected chi connectivity index (χ3v) is 4.01. The summed E-state index contributed by atoms with van der Waals surface area (Å²) in [5.41, 5.74) is 2.93. The average Bonchev–Trinajstić information content (AvgIpc) is 2.93. The summed E-state index contributed by atoms with van der Waals surface area (Å²) in [6.45, 7) is 3.55. The Bertz CT molecular complexity index is 623. The first-order valence-electron chi connectivity index (χ1n) is 7.81. The quantitative estimate of drug-likeness (QED) is 0.911. The van der Waals surface area contributed by atoms with Crippen LogP contribution in [0.4, 0.5) is 5.69 Å². The third kappa shape index (κ3) is 3.67. The summed E-state index contributed by atoms with van der Waals surface area (Å²) < 4.78 is 0. The second-order valence-corrected chi connectivity index (χ2v) is 5.91. The number of hydrogen-bond acceptors (Lipinski definition) is 3. The molecule has 1 aliphatic heterocycles. The molecule has 0 aliphatic carbocycles. The molecule has 1 atom stereocenters. The predicted molar refractivity (Wildman–Crippen MR) is 86.7 cm³/mol. The van der Waals surface area contributed by atoms with Gasteiger partial charge < -0.3 is 10.2 Å². The van der Waals surface area contributed by atoms with Gasteiger partial charge in [-0.05, 0) is 38.0 Å². The molecular formula is C17H22N4O. The van der Waals surface area contributed by atoms with E-state index in [4.69, 9.17) is 0 Å². The van der Waals surface area contributed by atoms with Crippen molar-refractivity contribution in [2.24, 2.45) is 0 Å².